The van der Waals surface area contributed by atoms with Crippen LogP contribution in [0.5, 0.6) is 0 Å². The van der Waals surface area contributed by atoms with Crippen molar-refractivity contribution in [2.24, 2.45) is 0 Å². The summed E-state index contributed by atoms with van der Waals surface area (Å²) in [5, 5.41) is 0. The number of rotatable bonds is 1. The molecule has 0 bridgehead atoms. The SMILES string of the molecule is Cc1cccc(C(=S)N2CCOCC2)c1. The third-order valence-corrected chi connectivity index (χ3v) is 3.06. The van der Waals surface area contributed by atoms with E-state index in [2.05, 4.69) is 36.1 Å². The Morgan fingerprint density at radius 2 is 2.07 bits per heavy atom. The molecule has 0 saturated carbocycles. The van der Waals surface area contributed by atoms with Crippen LogP contribution in [0.15, 0.2) is 24.3 Å². The summed E-state index contributed by atoms with van der Waals surface area (Å²) < 4.78 is 5.31. The van der Waals surface area contributed by atoms with E-state index in [0.29, 0.717) is 0 Å². The van der Waals surface area contributed by atoms with Crippen LogP contribution < -0.4 is 0 Å². The number of thiocarbonyl (C=S) groups is 1. The summed E-state index contributed by atoms with van der Waals surface area (Å²) in [7, 11) is 0. The summed E-state index contributed by atoms with van der Waals surface area (Å²) in [5.74, 6) is 0. The lowest BCUT2D eigenvalue weighted by Gasteiger charge is -2.29. The number of ether oxygens (including phenoxy) is 1. The van der Waals surface area contributed by atoms with E-state index in [4.69, 9.17) is 17.0 Å². The van der Waals surface area contributed by atoms with E-state index < -0.39 is 0 Å². The summed E-state index contributed by atoms with van der Waals surface area (Å²) in [6.07, 6.45) is 0. The normalized spacial score (nSPS) is 16.5. The van der Waals surface area contributed by atoms with Gasteiger partial charge in [-0.3, -0.25) is 0 Å². The monoisotopic (exact) mass is 221 g/mol. The first-order valence-corrected chi connectivity index (χ1v) is 5.62. The Balaban J connectivity index is 2.12. The Morgan fingerprint density at radius 1 is 1.33 bits per heavy atom. The fraction of sp³-hybridized carbons (Fsp3) is 0.417. The molecule has 15 heavy (non-hydrogen) atoms. The molecule has 0 spiro atoms. The van der Waals surface area contributed by atoms with Gasteiger partial charge in [-0.25, -0.2) is 0 Å². The van der Waals surface area contributed by atoms with Crippen molar-refractivity contribution in [3.8, 4) is 0 Å². The predicted molar refractivity (Wildman–Crippen MR) is 65.3 cm³/mol. The van der Waals surface area contributed by atoms with Crippen LogP contribution in [0.1, 0.15) is 11.1 Å². The van der Waals surface area contributed by atoms with Crippen molar-refractivity contribution in [2.45, 2.75) is 6.92 Å². The Kier molecular flexibility index (Phi) is 3.34. The van der Waals surface area contributed by atoms with Crippen LogP contribution in [-0.2, 0) is 4.74 Å². The van der Waals surface area contributed by atoms with E-state index in [9.17, 15) is 0 Å². The molecule has 1 aliphatic heterocycles. The van der Waals surface area contributed by atoms with Crippen molar-refractivity contribution < 1.29 is 4.74 Å². The molecule has 0 atom stereocenters. The minimum absolute atomic E-state index is 0.784. The molecule has 0 amide bonds. The van der Waals surface area contributed by atoms with Crippen LogP contribution >= 0.6 is 12.2 Å². The van der Waals surface area contributed by atoms with Gasteiger partial charge in [-0.1, -0.05) is 36.0 Å². The molecule has 0 aliphatic carbocycles. The minimum atomic E-state index is 0.784. The Bertz CT molecular complexity index is 358. The maximum Gasteiger partial charge on any atom is 0.109 e. The topological polar surface area (TPSA) is 12.5 Å². The molecule has 0 unspecified atom stereocenters. The Hall–Kier alpha value is -0.930. The number of hydrogen-bond donors (Lipinski definition) is 0. The lowest BCUT2D eigenvalue weighted by molar-refractivity contribution is 0.0693. The molecule has 1 aliphatic rings. The van der Waals surface area contributed by atoms with Gasteiger partial charge < -0.3 is 9.64 Å². The second-order valence-electron chi connectivity index (χ2n) is 3.77. The molecule has 2 nitrogen and oxygen atoms in total. The van der Waals surface area contributed by atoms with Crippen LogP contribution in [0.25, 0.3) is 0 Å². The van der Waals surface area contributed by atoms with E-state index in [-0.39, 0.29) is 0 Å². The third-order valence-electron chi connectivity index (χ3n) is 2.56. The summed E-state index contributed by atoms with van der Waals surface area (Å²) in [5.41, 5.74) is 2.40. The molecular formula is C12H15NOS. The summed E-state index contributed by atoms with van der Waals surface area (Å²) in [6, 6.07) is 8.35. The second-order valence-corrected chi connectivity index (χ2v) is 4.16. The van der Waals surface area contributed by atoms with Crippen molar-refractivity contribution >= 4 is 17.2 Å². The van der Waals surface area contributed by atoms with Gasteiger partial charge in [0.1, 0.15) is 4.99 Å². The van der Waals surface area contributed by atoms with Gasteiger partial charge in [0.2, 0.25) is 0 Å². The van der Waals surface area contributed by atoms with Gasteiger partial charge >= 0.3 is 0 Å². The fourth-order valence-corrected chi connectivity index (χ4v) is 2.04. The predicted octanol–water partition coefficient (Wildman–Crippen LogP) is 2.00. The minimum Gasteiger partial charge on any atom is -0.378 e. The first kappa shape index (κ1) is 10.6. The number of aryl methyl sites for hydroxylation is 1. The van der Waals surface area contributed by atoms with Crippen molar-refractivity contribution in [1.29, 1.82) is 0 Å². The zero-order chi connectivity index (χ0) is 10.7. The quantitative estimate of drug-likeness (QED) is 0.673. The van der Waals surface area contributed by atoms with Gasteiger partial charge in [0.05, 0.1) is 13.2 Å². The molecule has 80 valence electrons. The van der Waals surface area contributed by atoms with Gasteiger partial charge in [0.15, 0.2) is 0 Å². The van der Waals surface area contributed by atoms with E-state index >= 15 is 0 Å². The standard InChI is InChI=1S/C12H15NOS/c1-10-3-2-4-11(9-10)12(15)13-5-7-14-8-6-13/h2-4,9H,5-8H2,1H3. The van der Waals surface area contributed by atoms with Gasteiger partial charge in [0.25, 0.3) is 0 Å². The van der Waals surface area contributed by atoms with E-state index in [1.165, 1.54) is 5.56 Å². The number of morpholine rings is 1. The highest BCUT2D eigenvalue weighted by molar-refractivity contribution is 7.80. The van der Waals surface area contributed by atoms with Gasteiger partial charge in [-0.2, -0.15) is 0 Å². The highest BCUT2D eigenvalue weighted by Crippen LogP contribution is 2.10. The first-order chi connectivity index (χ1) is 7.27. The Labute approximate surface area is 95.8 Å². The zero-order valence-corrected chi connectivity index (χ0v) is 9.72. The molecule has 0 radical (unpaired) electrons. The summed E-state index contributed by atoms with van der Waals surface area (Å²) in [4.78, 5) is 3.16. The fourth-order valence-electron chi connectivity index (χ4n) is 1.73. The lowest BCUT2D eigenvalue weighted by Crippen LogP contribution is -2.40. The highest BCUT2D eigenvalue weighted by atomic mass is 32.1. The molecule has 0 N–H and O–H groups in total. The van der Waals surface area contributed by atoms with Crippen molar-refractivity contribution in [1.82, 2.24) is 4.90 Å². The van der Waals surface area contributed by atoms with E-state index in [1.54, 1.807) is 0 Å². The maximum atomic E-state index is 5.47. The van der Waals surface area contributed by atoms with Crippen LogP contribution in [0.3, 0.4) is 0 Å². The number of nitrogens with zero attached hydrogens (tertiary/aromatic N) is 1. The largest absolute Gasteiger partial charge is 0.378 e. The second kappa shape index (κ2) is 4.73. The zero-order valence-electron chi connectivity index (χ0n) is 8.90. The number of benzene rings is 1. The summed E-state index contributed by atoms with van der Waals surface area (Å²) >= 11 is 5.47. The average molecular weight is 221 g/mol. The van der Waals surface area contributed by atoms with E-state index in [1.807, 2.05) is 0 Å². The van der Waals surface area contributed by atoms with Gasteiger partial charge in [-0.15, -0.1) is 0 Å². The molecular weight excluding hydrogens is 206 g/mol. The van der Waals surface area contributed by atoms with Crippen molar-refractivity contribution in [3.63, 3.8) is 0 Å². The third kappa shape index (κ3) is 2.55. The Morgan fingerprint density at radius 3 is 2.73 bits per heavy atom. The molecule has 1 fully saturated rings. The number of hydrogen-bond acceptors (Lipinski definition) is 2. The molecule has 0 aromatic heterocycles. The first-order valence-electron chi connectivity index (χ1n) is 5.21. The molecule has 1 aromatic carbocycles. The van der Waals surface area contributed by atoms with Crippen molar-refractivity contribution in [2.75, 3.05) is 26.3 Å². The van der Waals surface area contributed by atoms with Gasteiger partial charge in [-0.05, 0) is 13.0 Å². The molecule has 3 heteroatoms. The average Bonchev–Trinajstić information content (AvgIpc) is 2.29. The summed E-state index contributed by atoms with van der Waals surface area (Å²) in [6.45, 7) is 5.48. The van der Waals surface area contributed by atoms with Crippen LogP contribution in [-0.4, -0.2) is 36.2 Å². The molecule has 1 saturated heterocycles. The lowest BCUT2D eigenvalue weighted by atomic mass is 10.1. The van der Waals surface area contributed by atoms with Crippen LogP contribution in [0.4, 0.5) is 0 Å². The molecule has 1 aromatic rings. The maximum absolute atomic E-state index is 5.47. The molecule has 1 heterocycles. The van der Waals surface area contributed by atoms with Crippen molar-refractivity contribution in [3.05, 3.63) is 35.4 Å². The van der Waals surface area contributed by atoms with Crippen LogP contribution in [0, 0.1) is 6.92 Å². The highest BCUT2D eigenvalue weighted by Gasteiger charge is 2.14. The van der Waals surface area contributed by atoms with Gasteiger partial charge in [0, 0.05) is 18.7 Å². The van der Waals surface area contributed by atoms with E-state index in [0.717, 1.165) is 36.9 Å². The van der Waals surface area contributed by atoms with Crippen LogP contribution in [0.2, 0.25) is 0 Å². The molecule has 2 rings (SSSR count). The smallest absolute Gasteiger partial charge is 0.109 e.